The van der Waals surface area contributed by atoms with Crippen molar-refractivity contribution >= 4 is 35.0 Å². The minimum absolute atomic E-state index is 0.114. The number of nitrogens with zero attached hydrogens (tertiary/aromatic N) is 1. The smallest absolute Gasteiger partial charge is 0.248 e. The van der Waals surface area contributed by atoms with Gasteiger partial charge in [0.1, 0.15) is 6.04 Å². The largest absolute Gasteiger partial charge is 0.397 e. The number of fused-ring (bicyclic) bond motifs is 2. The van der Waals surface area contributed by atoms with Gasteiger partial charge in [0.15, 0.2) is 0 Å². The molecule has 3 atom stereocenters. The number of hydrogen-bond acceptors (Lipinski definition) is 6. The number of anilines is 3. The van der Waals surface area contributed by atoms with Gasteiger partial charge in [-0.1, -0.05) is 62.4 Å². The first-order valence-corrected chi connectivity index (χ1v) is 14.3. The summed E-state index contributed by atoms with van der Waals surface area (Å²) < 4.78 is 5.72. The van der Waals surface area contributed by atoms with E-state index in [0.29, 0.717) is 36.0 Å². The molecule has 5 N–H and O–H groups in total. The molecule has 2 saturated heterocycles. The summed E-state index contributed by atoms with van der Waals surface area (Å²) in [5, 5.41) is 9.36. The lowest BCUT2D eigenvalue weighted by molar-refractivity contribution is -0.118. The number of nitrogen functional groups attached to an aromatic ring is 1. The second kappa shape index (κ2) is 13.1. The molecule has 3 aromatic carbocycles. The molecule has 5 rings (SSSR count). The number of nitrogens with one attached hydrogen (secondary N) is 3. The van der Waals surface area contributed by atoms with Crippen LogP contribution >= 0.6 is 0 Å². The van der Waals surface area contributed by atoms with Crippen LogP contribution in [-0.4, -0.2) is 55.1 Å². The highest BCUT2D eigenvalue weighted by molar-refractivity contribution is 6.03. The molecule has 0 aromatic heterocycles. The van der Waals surface area contributed by atoms with Crippen molar-refractivity contribution in [3.63, 3.8) is 0 Å². The Morgan fingerprint density at radius 2 is 1.73 bits per heavy atom. The molecule has 41 heavy (non-hydrogen) atoms. The van der Waals surface area contributed by atoms with Gasteiger partial charge in [-0.2, -0.15) is 0 Å². The molecule has 8 nitrogen and oxygen atoms in total. The van der Waals surface area contributed by atoms with Gasteiger partial charge < -0.3 is 26.4 Å². The third kappa shape index (κ3) is 7.41. The molecule has 0 spiro atoms. The van der Waals surface area contributed by atoms with Crippen LogP contribution < -0.4 is 21.7 Å². The fourth-order valence-electron chi connectivity index (χ4n) is 5.39. The Balaban J connectivity index is 1.24. The van der Waals surface area contributed by atoms with Gasteiger partial charge in [-0.05, 0) is 59.4 Å². The van der Waals surface area contributed by atoms with Gasteiger partial charge in [-0.3, -0.25) is 14.5 Å². The first-order valence-electron chi connectivity index (χ1n) is 14.3. The van der Waals surface area contributed by atoms with Crippen molar-refractivity contribution in [2.45, 2.75) is 44.4 Å². The first kappa shape index (κ1) is 28.5. The summed E-state index contributed by atoms with van der Waals surface area (Å²) in [6.45, 7) is 7.59. The van der Waals surface area contributed by atoms with Crippen LogP contribution in [0, 0.1) is 0 Å². The number of hydrogen-bond donors (Lipinski definition) is 4. The highest BCUT2D eigenvalue weighted by atomic mass is 16.5. The van der Waals surface area contributed by atoms with Crippen molar-refractivity contribution in [3.8, 4) is 0 Å². The molecule has 8 heteroatoms. The minimum atomic E-state index is -0.529. The van der Waals surface area contributed by atoms with Gasteiger partial charge in [0.05, 0.1) is 24.1 Å². The first-order chi connectivity index (χ1) is 19.9. The van der Waals surface area contributed by atoms with Crippen LogP contribution in [0.25, 0.3) is 6.08 Å². The summed E-state index contributed by atoms with van der Waals surface area (Å²) in [7, 11) is 0. The topological polar surface area (TPSA) is 109 Å². The lowest BCUT2D eigenvalue weighted by Gasteiger charge is -2.27. The van der Waals surface area contributed by atoms with E-state index in [1.807, 2.05) is 48.5 Å². The van der Waals surface area contributed by atoms with E-state index < -0.39 is 6.04 Å². The van der Waals surface area contributed by atoms with Crippen molar-refractivity contribution in [3.05, 3.63) is 95.6 Å². The molecule has 3 aromatic rings. The summed E-state index contributed by atoms with van der Waals surface area (Å²) in [6.07, 6.45) is 4.66. The average molecular weight is 554 g/mol. The molecule has 2 unspecified atom stereocenters. The van der Waals surface area contributed by atoms with E-state index in [1.54, 1.807) is 18.2 Å². The Kier molecular flexibility index (Phi) is 9.14. The normalized spacial score (nSPS) is 19.1. The maximum Gasteiger partial charge on any atom is 0.248 e. The molecule has 0 aliphatic carbocycles. The molecular weight excluding hydrogens is 514 g/mol. The van der Waals surface area contributed by atoms with Crippen molar-refractivity contribution in [2.75, 3.05) is 42.6 Å². The quantitative estimate of drug-likeness (QED) is 0.201. The Labute approximate surface area is 242 Å². The molecule has 2 aliphatic rings. The Bertz CT molecular complexity index is 1370. The Morgan fingerprint density at radius 1 is 1.00 bits per heavy atom. The zero-order valence-corrected chi connectivity index (χ0v) is 23.7. The van der Waals surface area contributed by atoms with E-state index in [-0.39, 0.29) is 11.8 Å². The van der Waals surface area contributed by atoms with Crippen LogP contribution in [0.4, 0.5) is 17.1 Å². The predicted octanol–water partition coefficient (Wildman–Crippen LogP) is 4.79. The van der Waals surface area contributed by atoms with E-state index >= 15 is 0 Å². The summed E-state index contributed by atoms with van der Waals surface area (Å²) in [6, 6.07) is 22.8. The summed E-state index contributed by atoms with van der Waals surface area (Å²) in [4.78, 5) is 28.3. The number of para-hydroxylation sites is 2. The van der Waals surface area contributed by atoms with Gasteiger partial charge in [0.25, 0.3) is 0 Å². The SMILES string of the molecule is CC(C)c1ccc(NC(=O)[C@@H](NCCN2CC3CC2CO3)c2ccc(/C=C/C(=O)Nc3ccccc3N)cc2)cc1. The monoisotopic (exact) mass is 553 g/mol. The summed E-state index contributed by atoms with van der Waals surface area (Å²) in [5.74, 6) is 0.0441. The molecule has 2 aliphatic heterocycles. The van der Waals surface area contributed by atoms with Crippen molar-refractivity contribution in [1.29, 1.82) is 0 Å². The highest BCUT2D eigenvalue weighted by Gasteiger charge is 2.38. The number of amides is 2. The number of morpholine rings is 1. The van der Waals surface area contributed by atoms with Crippen LogP contribution in [0.2, 0.25) is 0 Å². The van der Waals surface area contributed by atoms with Crippen LogP contribution in [0.5, 0.6) is 0 Å². The van der Waals surface area contributed by atoms with Gasteiger partial charge in [-0.25, -0.2) is 0 Å². The zero-order chi connectivity index (χ0) is 28.8. The highest BCUT2D eigenvalue weighted by Crippen LogP contribution is 2.27. The molecular formula is C33H39N5O3. The minimum Gasteiger partial charge on any atom is -0.397 e. The maximum atomic E-state index is 13.5. The van der Waals surface area contributed by atoms with Crippen LogP contribution in [-0.2, 0) is 14.3 Å². The van der Waals surface area contributed by atoms with E-state index in [0.717, 1.165) is 42.9 Å². The lowest BCUT2D eigenvalue weighted by atomic mass is 10.0. The zero-order valence-electron chi connectivity index (χ0n) is 23.7. The van der Waals surface area contributed by atoms with Crippen LogP contribution in [0.3, 0.4) is 0 Å². The molecule has 2 amide bonds. The third-order valence-corrected chi connectivity index (χ3v) is 7.78. The molecule has 0 radical (unpaired) electrons. The number of carbonyl (C=O) groups excluding carboxylic acids is 2. The van der Waals surface area contributed by atoms with Crippen molar-refractivity contribution in [1.82, 2.24) is 10.2 Å². The van der Waals surface area contributed by atoms with Gasteiger partial charge in [0, 0.05) is 37.4 Å². The molecule has 214 valence electrons. The molecule has 2 bridgehead atoms. The summed E-state index contributed by atoms with van der Waals surface area (Å²) in [5.41, 5.74) is 10.7. The van der Waals surface area contributed by atoms with E-state index in [4.69, 9.17) is 10.5 Å². The standard InChI is InChI=1S/C33H39N5O3/c1-22(2)24-12-14-26(15-13-24)36-33(40)32(35-17-18-38-20-28-19-27(38)21-41-28)25-10-7-23(8-11-25)9-16-31(39)37-30-6-4-3-5-29(30)34/h3-16,22,27-28,32,35H,17-21,34H2,1-2H3,(H,36,40)(H,37,39)/b16-9+/t27?,28?,32-/m0/s1. The Morgan fingerprint density at radius 3 is 2.39 bits per heavy atom. The second-order valence-corrected chi connectivity index (χ2v) is 11.1. The number of likely N-dealkylation sites (tertiary alicyclic amines) is 1. The number of benzene rings is 3. The lowest BCUT2D eigenvalue weighted by Crippen LogP contribution is -2.43. The van der Waals surface area contributed by atoms with Crippen LogP contribution in [0.15, 0.2) is 78.9 Å². The summed E-state index contributed by atoms with van der Waals surface area (Å²) >= 11 is 0. The molecule has 2 heterocycles. The fourth-order valence-corrected chi connectivity index (χ4v) is 5.39. The van der Waals surface area contributed by atoms with Gasteiger partial charge in [-0.15, -0.1) is 0 Å². The number of ether oxygens (including phenoxy) is 1. The third-order valence-electron chi connectivity index (χ3n) is 7.78. The predicted molar refractivity (Wildman–Crippen MR) is 165 cm³/mol. The van der Waals surface area contributed by atoms with Crippen LogP contribution in [0.1, 0.15) is 48.9 Å². The maximum absolute atomic E-state index is 13.5. The number of carbonyl (C=O) groups is 2. The molecule has 2 fully saturated rings. The molecule has 0 saturated carbocycles. The van der Waals surface area contributed by atoms with Gasteiger partial charge in [0.2, 0.25) is 11.8 Å². The fraction of sp³-hybridized carbons (Fsp3) is 0.333. The van der Waals surface area contributed by atoms with E-state index in [1.165, 1.54) is 11.6 Å². The number of nitrogens with two attached hydrogens (primary N) is 1. The second-order valence-electron chi connectivity index (χ2n) is 11.1. The van der Waals surface area contributed by atoms with E-state index in [9.17, 15) is 9.59 Å². The van der Waals surface area contributed by atoms with Gasteiger partial charge >= 0.3 is 0 Å². The van der Waals surface area contributed by atoms with Crippen molar-refractivity contribution < 1.29 is 14.3 Å². The Hall–Kier alpha value is -3.98. The van der Waals surface area contributed by atoms with E-state index in [2.05, 4.69) is 46.8 Å². The van der Waals surface area contributed by atoms with Crippen molar-refractivity contribution in [2.24, 2.45) is 0 Å². The number of rotatable bonds is 11. The average Bonchev–Trinajstić information content (AvgIpc) is 3.60.